The summed E-state index contributed by atoms with van der Waals surface area (Å²) >= 11 is 0. The van der Waals surface area contributed by atoms with Crippen molar-refractivity contribution in [3.63, 3.8) is 0 Å². The van der Waals surface area contributed by atoms with E-state index in [0.29, 0.717) is 0 Å². The van der Waals surface area contributed by atoms with E-state index in [1.54, 1.807) is 0 Å². The largest absolute Gasteiger partial charge is 0.103 e. The lowest BCUT2D eigenvalue weighted by Crippen LogP contribution is -1.79. The molecule has 0 saturated carbocycles. The molecule has 0 rings (SSSR count). The Morgan fingerprint density at radius 2 is 0.778 bits per heavy atom. The van der Waals surface area contributed by atoms with E-state index in [1.165, 1.54) is 77.0 Å². The molecule has 0 aliphatic heterocycles. The highest BCUT2D eigenvalue weighted by atomic mass is 14.0. The molecule has 18 heavy (non-hydrogen) atoms. The molecule has 0 aromatic carbocycles. The van der Waals surface area contributed by atoms with Crippen molar-refractivity contribution in [2.75, 3.05) is 0 Å². The quantitative estimate of drug-likeness (QED) is 0.274. The van der Waals surface area contributed by atoms with E-state index >= 15 is 0 Å². The topological polar surface area (TPSA) is 0 Å². The van der Waals surface area contributed by atoms with Gasteiger partial charge in [-0.05, 0) is 12.8 Å². The molecule has 0 saturated heterocycles. The summed E-state index contributed by atoms with van der Waals surface area (Å²) in [6.45, 7) is 4.54. The molecule has 0 aliphatic carbocycles. The Morgan fingerprint density at radius 1 is 0.444 bits per heavy atom. The molecular weight excluding hydrogens is 216 g/mol. The first-order chi connectivity index (χ1) is 8.91. The predicted molar refractivity (Wildman–Crippen MR) is 83.8 cm³/mol. The highest BCUT2D eigenvalue weighted by Crippen LogP contribution is 2.08. The Labute approximate surface area is 116 Å². The summed E-state index contributed by atoms with van der Waals surface area (Å²) in [5.41, 5.74) is 0. The average Bonchev–Trinajstić information content (AvgIpc) is 2.39. The smallest absolute Gasteiger partial charge is 0.00886 e. The van der Waals surface area contributed by atoms with E-state index < -0.39 is 0 Å². The average molecular weight is 250 g/mol. The van der Waals surface area contributed by atoms with Crippen molar-refractivity contribution in [1.82, 2.24) is 0 Å². The summed E-state index contributed by atoms with van der Waals surface area (Å²) in [6, 6.07) is 0. The zero-order valence-electron chi connectivity index (χ0n) is 12.9. The molecule has 0 nitrogen and oxygen atoms in total. The fourth-order valence-electron chi connectivity index (χ4n) is 2.16. The molecule has 0 radical (unpaired) electrons. The van der Waals surface area contributed by atoms with Gasteiger partial charge in [0, 0.05) is 12.8 Å². The Bertz CT molecular complexity index is 194. The van der Waals surface area contributed by atoms with Crippen molar-refractivity contribution in [2.24, 2.45) is 0 Å². The Hall–Kier alpha value is -0.440. The van der Waals surface area contributed by atoms with Crippen LogP contribution in [0.4, 0.5) is 0 Å². The van der Waals surface area contributed by atoms with Crippen LogP contribution in [-0.4, -0.2) is 0 Å². The van der Waals surface area contributed by atoms with Gasteiger partial charge in [0.1, 0.15) is 0 Å². The van der Waals surface area contributed by atoms with E-state index in [4.69, 9.17) is 0 Å². The van der Waals surface area contributed by atoms with Crippen molar-refractivity contribution >= 4 is 0 Å². The molecule has 0 aromatic heterocycles. The second-order valence-corrected chi connectivity index (χ2v) is 5.39. The van der Waals surface area contributed by atoms with Crippen molar-refractivity contribution in [2.45, 2.75) is 104 Å². The van der Waals surface area contributed by atoms with Crippen LogP contribution in [0.15, 0.2) is 0 Å². The van der Waals surface area contributed by atoms with E-state index in [9.17, 15) is 0 Å². The van der Waals surface area contributed by atoms with Gasteiger partial charge in [-0.1, -0.05) is 78.1 Å². The third kappa shape index (κ3) is 15.6. The summed E-state index contributed by atoms with van der Waals surface area (Å²) in [5.74, 6) is 6.65. The minimum atomic E-state index is 1.13. The Morgan fingerprint density at radius 3 is 1.17 bits per heavy atom. The molecule has 0 atom stereocenters. The van der Waals surface area contributed by atoms with Gasteiger partial charge in [-0.25, -0.2) is 0 Å². The number of hydrogen-bond acceptors (Lipinski definition) is 0. The van der Waals surface area contributed by atoms with Gasteiger partial charge in [0.25, 0.3) is 0 Å². The van der Waals surface area contributed by atoms with Crippen LogP contribution in [0.3, 0.4) is 0 Å². The first-order valence-electron chi connectivity index (χ1n) is 8.37. The zero-order valence-corrected chi connectivity index (χ0v) is 12.9. The summed E-state index contributed by atoms with van der Waals surface area (Å²) in [5, 5.41) is 0. The van der Waals surface area contributed by atoms with Crippen LogP contribution in [0.25, 0.3) is 0 Å². The molecule has 0 heterocycles. The number of unbranched alkanes of at least 4 members (excludes halogenated alkanes) is 12. The van der Waals surface area contributed by atoms with Gasteiger partial charge >= 0.3 is 0 Å². The maximum Gasteiger partial charge on any atom is 0.00886 e. The monoisotopic (exact) mass is 250 g/mol. The van der Waals surface area contributed by atoms with Gasteiger partial charge in [0.2, 0.25) is 0 Å². The highest BCUT2D eigenvalue weighted by molar-refractivity contribution is 4.98. The lowest BCUT2D eigenvalue weighted by atomic mass is 10.1. The van der Waals surface area contributed by atoms with Crippen LogP contribution in [0.5, 0.6) is 0 Å². The van der Waals surface area contributed by atoms with Crippen molar-refractivity contribution in [1.29, 1.82) is 0 Å². The van der Waals surface area contributed by atoms with E-state index in [2.05, 4.69) is 25.7 Å². The van der Waals surface area contributed by atoms with Gasteiger partial charge in [-0.2, -0.15) is 0 Å². The maximum atomic E-state index is 3.33. The van der Waals surface area contributed by atoms with Crippen LogP contribution >= 0.6 is 0 Å². The van der Waals surface area contributed by atoms with Gasteiger partial charge in [-0.15, -0.1) is 11.8 Å². The highest BCUT2D eigenvalue weighted by Gasteiger charge is 1.89. The molecule has 0 N–H and O–H groups in total. The third-order valence-corrected chi connectivity index (χ3v) is 3.44. The van der Waals surface area contributed by atoms with Crippen molar-refractivity contribution < 1.29 is 0 Å². The first kappa shape index (κ1) is 17.6. The second-order valence-electron chi connectivity index (χ2n) is 5.39. The van der Waals surface area contributed by atoms with Crippen LogP contribution in [0.2, 0.25) is 0 Å². The van der Waals surface area contributed by atoms with E-state index in [0.717, 1.165) is 12.8 Å². The maximum absolute atomic E-state index is 3.33. The molecule has 0 fully saturated rings. The molecule has 0 aliphatic rings. The van der Waals surface area contributed by atoms with Crippen LogP contribution < -0.4 is 0 Å². The summed E-state index contributed by atoms with van der Waals surface area (Å²) in [4.78, 5) is 0. The molecule has 0 aromatic rings. The summed E-state index contributed by atoms with van der Waals surface area (Å²) in [6.07, 6.45) is 18.8. The molecule has 0 heteroatoms. The van der Waals surface area contributed by atoms with Crippen LogP contribution in [0, 0.1) is 11.8 Å². The van der Waals surface area contributed by atoms with Crippen LogP contribution in [0.1, 0.15) is 104 Å². The van der Waals surface area contributed by atoms with E-state index in [-0.39, 0.29) is 0 Å². The predicted octanol–water partition coefficient (Wildman–Crippen LogP) is 6.49. The second kappa shape index (κ2) is 16.6. The molecule has 0 unspecified atom stereocenters. The fourth-order valence-corrected chi connectivity index (χ4v) is 2.16. The lowest BCUT2D eigenvalue weighted by Gasteiger charge is -1.98. The van der Waals surface area contributed by atoms with Crippen molar-refractivity contribution in [3.05, 3.63) is 0 Å². The third-order valence-electron chi connectivity index (χ3n) is 3.44. The summed E-state index contributed by atoms with van der Waals surface area (Å²) in [7, 11) is 0. The fraction of sp³-hybridized carbons (Fsp3) is 0.889. The normalized spacial score (nSPS) is 10.1. The SMILES string of the molecule is CCCCCCCC#CCCCCCCCCC. The van der Waals surface area contributed by atoms with Gasteiger partial charge in [-0.3, -0.25) is 0 Å². The molecule has 0 spiro atoms. The minimum Gasteiger partial charge on any atom is -0.103 e. The molecular formula is C18H34. The van der Waals surface area contributed by atoms with Gasteiger partial charge in [0.15, 0.2) is 0 Å². The lowest BCUT2D eigenvalue weighted by molar-refractivity contribution is 0.594. The first-order valence-corrected chi connectivity index (χ1v) is 8.37. The van der Waals surface area contributed by atoms with Gasteiger partial charge < -0.3 is 0 Å². The molecule has 106 valence electrons. The Balaban J connectivity index is 3.05. The Kier molecular flexibility index (Phi) is 16.2. The zero-order chi connectivity index (χ0) is 13.3. The minimum absolute atomic E-state index is 1.13. The number of rotatable bonds is 12. The number of hydrogen-bond donors (Lipinski definition) is 0. The summed E-state index contributed by atoms with van der Waals surface area (Å²) < 4.78 is 0. The van der Waals surface area contributed by atoms with Crippen LogP contribution in [-0.2, 0) is 0 Å². The standard InChI is InChI=1S/C18H34/c1-3-5-7-9-11-13-15-17-18-16-14-12-10-8-6-4-2/h3-15,17H2,1-2H3. The molecule has 0 bridgehead atoms. The van der Waals surface area contributed by atoms with E-state index in [1.807, 2.05) is 0 Å². The molecule has 0 amide bonds. The van der Waals surface area contributed by atoms with Crippen molar-refractivity contribution in [3.8, 4) is 11.8 Å². The van der Waals surface area contributed by atoms with Gasteiger partial charge in [0.05, 0.1) is 0 Å².